The van der Waals surface area contributed by atoms with Gasteiger partial charge in [-0.3, -0.25) is 5.10 Å². The molecule has 5 nitrogen and oxygen atoms in total. The summed E-state index contributed by atoms with van der Waals surface area (Å²) in [6.45, 7) is 9.05. The number of fused-ring (bicyclic) bond motifs is 4. The maximum Gasteiger partial charge on any atom is 0.359 e. The number of ether oxygens (including phenoxy) is 2. The molecule has 0 fully saturated rings. The van der Waals surface area contributed by atoms with E-state index in [1.54, 1.807) is 7.11 Å². The topological polar surface area (TPSA) is 64.2 Å². The molecule has 2 atom stereocenters. The molecule has 1 aromatic carbocycles. The Morgan fingerprint density at radius 3 is 2.81 bits per heavy atom. The number of nitrogens with zero attached hydrogens (tertiary/aromatic N) is 1. The lowest BCUT2D eigenvalue weighted by Crippen LogP contribution is -2.52. The molecule has 0 saturated heterocycles. The Morgan fingerprint density at radius 2 is 2.11 bits per heavy atom. The Morgan fingerprint density at radius 1 is 1.33 bits per heavy atom. The van der Waals surface area contributed by atoms with Crippen LogP contribution < -0.4 is 4.74 Å². The number of carbonyl (C=O) groups excluding carboxylic acids is 1. The van der Waals surface area contributed by atoms with Gasteiger partial charge in [-0.15, -0.1) is 0 Å². The molecule has 0 aliphatic heterocycles. The van der Waals surface area contributed by atoms with Crippen LogP contribution >= 0.6 is 0 Å². The molecule has 2 aliphatic rings. The Hall–Kier alpha value is -2.30. The molecule has 0 amide bonds. The second-order valence-corrected chi connectivity index (χ2v) is 8.58. The van der Waals surface area contributed by atoms with Gasteiger partial charge in [-0.2, -0.15) is 5.10 Å². The maximum absolute atomic E-state index is 12.5. The van der Waals surface area contributed by atoms with E-state index in [1.807, 2.05) is 13.0 Å². The van der Waals surface area contributed by atoms with Crippen molar-refractivity contribution in [2.45, 2.75) is 57.8 Å². The number of hydrogen-bond donors (Lipinski definition) is 1. The van der Waals surface area contributed by atoms with Gasteiger partial charge in [-0.1, -0.05) is 26.8 Å². The molecule has 1 aromatic heterocycles. The van der Waals surface area contributed by atoms with Gasteiger partial charge in [-0.05, 0) is 55.4 Å². The summed E-state index contributed by atoms with van der Waals surface area (Å²) in [5.41, 5.74) is 5.06. The van der Waals surface area contributed by atoms with Crippen LogP contribution in [0, 0.1) is 5.92 Å². The van der Waals surface area contributed by atoms with Crippen LogP contribution in [0.15, 0.2) is 18.2 Å². The fourth-order valence-electron chi connectivity index (χ4n) is 5.59. The number of benzene rings is 1. The van der Waals surface area contributed by atoms with E-state index in [-0.39, 0.29) is 16.8 Å². The van der Waals surface area contributed by atoms with Crippen LogP contribution in [-0.4, -0.2) is 29.9 Å². The third kappa shape index (κ3) is 2.51. The minimum atomic E-state index is -0.338. The third-order valence-electron chi connectivity index (χ3n) is 6.80. The maximum atomic E-state index is 12.5. The molecular weight excluding hydrogens is 340 g/mol. The van der Waals surface area contributed by atoms with Crippen LogP contribution in [0.1, 0.15) is 67.0 Å². The third-order valence-corrected chi connectivity index (χ3v) is 6.80. The zero-order valence-corrected chi connectivity index (χ0v) is 16.8. The second-order valence-electron chi connectivity index (χ2n) is 8.58. The van der Waals surface area contributed by atoms with Gasteiger partial charge >= 0.3 is 5.97 Å². The number of rotatable bonds is 3. The molecule has 144 valence electrons. The number of H-pyrrole nitrogens is 1. The fraction of sp³-hybridized carbons (Fsp3) is 0.545. The van der Waals surface area contributed by atoms with Crippen molar-refractivity contribution in [1.29, 1.82) is 0 Å². The lowest BCUT2D eigenvalue weighted by atomic mass is 9.50. The molecule has 0 unspecified atom stereocenters. The van der Waals surface area contributed by atoms with E-state index in [1.165, 1.54) is 11.1 Å². The molecule has 2 aliphatic carbocycles. The summed E-state index contributed by atoms with van der Waals surface area (Å²) in [6, 6.07) is 6.43. The van der Waals surface area contributed by atoms with Gasteiger partial charge in [0.2, 0.25) is 0 Å². The number of nitrogens with one attached hydrogen (secondary N) is 1. The molecule has 1 heterocycles. The van der Waals surface area contributed by atoms with Crippen molar-refractivity contribution < 1.29 is 14.3 Å². The average molecular weight is 368 g/mol. The summed E-state index contributed by atoms with van der Waals surface area (Å²) in [7, 11) is 1.71. The predicted octanol–water partition coefficient (Wildman–Crippen LogP) is 3.95. The highest BCUT2D eigenvalue weighted by atomic mass is 16.5. The van der Waals surface area contributed by atoms with Gasteiger partial charge in [0, 0.05) is 22.1 Å². The van der Waals surface area contributed by atoms with Crippen molar-refractivity contribution in [2.75, 3.05) is 13.7 Å². The first-order valence-corrected chi connectivity index (χ1v) is 9.75. The Kier molecular flexibility index (Phi) is 4.09. The van der Waals surface area contributed by atoms with Crippen molar-refractivity contribution in [3.63, 3.8) is 0 Å². The van der Waals surface area contributed by atoms with Crippen molar-refractivity contribution in [3.05, 3.63) is 46.3 Å². The largest absolute Gasteiger partial charge is 0.497 e. The molecular formula is C22H28N2O3. The molecule has 0 spiro atoms. The van der Waals surface area contributed by atoms with Gasteiger partial charge < -0.3 is 9.47 Å². The van der Waals surface area contributed by atoms with Crippen LogP contribution in [0.25, 0.3) is 0 Å². The van der Waals surface area contributed by atoms with E-state index in [0.29, 0.717) is 18.2 Å². The minimum Gasteiger partial charge on any atom is -0.497 e. The molecule has 27 heavy (non-hydrogen) atoms. The number of hydrogen-bond acceptors (Lipinski definition) is 4. The van der Waals surface area contributed by atoms with E-state index in [9.17, 15) is 4.79 Å². The van der Waals surface area contributed by atoms with Crippen molar-refractivity contribution in [3.8, 4) is 5.75 Å². The molecule has 0 radical (unpaired) electrons. The normalized spacial score (nSPS) is 25.1. The van der Waals surface area contributed by atoms with E-state index in [0.717, 1.165) is 36.3 Å². The number of methoxy groups -OCH3 is 1. The summed E-state index contributed by atoms with van der Waals surface area (Å²) in [5.74, 6) is 0.999. The predicted molar refractivity (Wildman–Crippen MR) is 103 cm³/mol. The zero-order valence-electron chi connectivity index (χ0n) is 16.8. The number of carbonyl (C=O) groups is 1. The fourth-order valence-corrected chi connectivity index (χ4v) is 5.59. The Bertz CT molecular complexity index is 899. The minimum absolute atomic E-state index is 0.0796. The summed E-state index contributed by atoms with van der Waals surface area (Å²) < 4.78 is 10.8. The lowest BCUT2D eigenvalue weighted by molar-refractivity contribution is 0.0516. The van der Waals surface area contributed by atoms with Crippen molar-refractivity contribution in [2.24, 2.45) is 5.92 Å². The Labute approximate surface area is 160 Å². The molecule has 5 heteroatoms. The van der Waals surface area contributed by atoms with Crippen LogP contribution in [0.4, 0.5) is 0 Å². The number of aromatic amines is 1. The smallest absolute Gasteiger partial charge is 0.359 e. The first-order chi connectivity index (χ1) is 12.8. The first kappa shape index (κ1) is 18.1. The van der Waals surface area contributed by atoms with Crippen LogP contribution in [0.5, 0.6) is 5.75 Å². The average Bonchev–Trinajstić information content (AvgIpc) is 3.06. The van der Waals surface area contributed by atoms with Crippen molar-refractivity contribution in [1.82, 2.24) is 10.2 Å². The SMILES string of the molecule is CCOC(=O)c1n[nH]c2c1C[C@]1(C)c3cc(OC)ccc3CC[C@H]1C2(C)C. The number of aryl methyl sites for hydroxylation is 1. The summed E-state index contributed by atoms with van der Waals surface area (Å²) in [4.78, 5) is 12.5. The molecule has 0 saturated carbocycles. The quantitative estimate of drug-likeness (QED) is 0.833. The number of esters is 1. The second kappa shape index (κ2) is 6.11. The van der Waals surface area contributed by atoms with Gasteiger partial charge in [0.1, 0.15) is 5.75 Å². The van der Waals surface area contributed by atoms with Crippen LogP contribution in [0.2, 0.25) is 0 Å². The molecule has 2 aromatic rings. The first-order valence-electron chi connectivity index (χ1n) is 9.75. The summed E-state index contributed by atoms with van der Waals surface area (Å²) in [5, 5.41) is 7.54. The zero-order chi connectivity index (χ0) is 19.4. The van der Waals surface area contributed by atoms with E-state index >= 15 is 0 Å². The van der Waals surface area contributed by atoms with E-state index < -0.39 is 0 Å². The highest BCUT2D eigenvalue weighted by molar-refractivity contribution is 5.89. The molecule has 0 bridgehead atoms. The van der Waals surface area contributed by atoms with Crippen molar-refractivity contribution >= 4 is 5.97 Å². The standard InChI is InChI=1S/C22H28N2O3/c1-6-27-20(25)18-15-12-22(4)16-11-14(26-5)9-7-13(16)8-10-17(22)21(2,3)19(15)24-23-18/h7,9,11,17H,6,8,10,12H2,1-5H3,(H,23,24)/t17-,22+/m0/s1. The summed E-state index contributed by atoms with van der Waals surface area (Å²) in [6.07, 6.45) is 2.97. The summed E-state index contributed by atoms with van der Waals surface area (Å²) >= 11 is 0. The highest BCUT2D eigenvalue weighted by Crippen LogP contribution is 2.56. The van der Waals surface area contributed by atoms with Crippen LogP contribution in [-0.2, 0) is 28.4 Å². The van der Waals surface area contributed by atoms with E-state index in [2.05, 4.69) is 43.1 Å². The highest BCUT2D eigenvalue weighted by Gasteiger charge is 2.54. The molecule has 4 rings (SSSR count). The number of aromatic nitrogens is 2. The monoisotopic (exact) mass is 368 g/mol. The van der Waals surface area contributed by atoms with Crippen LogP contribution in [0.3, 0.4) is 0 Å². The van der Waals surface area contributed by atoms with E-state index in [4.69, 9.17) is 9.47 Å². The van der Waals surface area contributed by atoms with Gasteiger partial charge in [-0.25, -0.2) is 4.79 Å². The van der Waals surface area contributed by atoms with Gasteiger partial charge in [0.05, 0.1) is 13.7 Å². The van der Waals surface area contributed by atoms with Gasteiger partial charge in [0.25, 0.3) is 0 Å². The molecule has 1 N–H and O–H groups in total. The lowest BCUT2D eigenvalue weighted by Gasteiger charge is -2.53. The Balaban J connectivity index is 1.88. The van der Waals surface area contributed by atoms with Gasteiger partial charge in [0.15, 0.2) is 5.69 Å².